The number of hydrazine groups is 1. The Hall–Kier alpha value is -2.68. The third kappa shape index (κ3) is 4.18. The van der Waals surface area contributed by atoms with Crippen LogP contribution in [0.2, 0.25) is 5.02 Å². The summed E-state index contributed by atoms with van der Waals surface area (Å²) < 4.78 is 0. The first kappa shape index (κ1) is 21.2. The van der Waals surface area contributed by atoms with Crippen LogP contribution < -0.4 is 16.2 Å². The van der Waals surface area contributed by atoms with Crippen molar-refractivity contribution in [2.75, 3.05) is 11.1 Å². The van der Waals surface area contributed by atoms with Crippen LogP contribution in [0.4, 0.5) is 5.69 Å². The maximum absolute atomic E-state index is 12.4. The molecule has 3 unspecified atom stereocenters. The number of carbonyl (C=O) groups is 1. The van der Waals surface area contributed by atoms with Crippen LogP contribution in [0, 0.1) is 13.8 Å². The number of hydrogen-bond acceptors (Lipinski definition) is 7. The molecule has 0 radical (unpaired) electrons. The van der Waals surface area contributed by atoms with E-state index in [9.17, 15) is 4.79 Å². The summed E-state index contributed by atoms with van der Waals surface area (Å²) in [5, 5.41) is 10.9. The van der Waals surface area contributed by atoms with Gasteiger partial charge in [0.25, 0.3) is 0 Å². The minimum absolute atomic E-state index is 0.0301. The number of thioether (sulfide) groups is 1. The Bertz CT molecular complexity index is 1110. The molecule has 2 aromatic rings. The average molecular weight is 469 g/mol. The van der Waals surface area contributed by atoms with Crippen LogP contribution in [-0.4, -0.2) is 38.9 Å². The van der Waals surface area contributed by atoms with Gasteiger partial charge < -0.3 is 15.2 Å². The molecule has 7 nitrogen and oxygen atoms in total. The molecule has 3 aliphatic heterocycles. The number of halogens is 1. The van der Waals surface area contributed by atoms with E-state index in [-0.39, 0.29) is 29.9 Å². The Morgan fingerprint density at radius 1 is 1.22 bits per heavy atom. The molecule has 1 saturated heterocycles. The molecule has 0 spiro atoms. The van der Waals surface area contributed by atoms with E-state index >= 15 is 0 Å². The summed E-state index contributed by atoms with van der Waals surface area (Å²) in [4.78, 5) is 14.5. The first-order valence-electron chi connectivity index (χ1n) is 10.6. The largest absolute Gasteiger partial charge is 0.325 e. The number of amidine groups is 1. The Balaban J connectivity index is 1.19. The molecule has 32 heavy (non-hydrogen) atoms. The van der Waals surface area contributed by atoms with Crippen LogP contribution in [-0.2, 0) is 4.79 Å². The minimum atomic E-state index is -0.0941. The van der Waals surface area contributed by atoms with Gasteiger partial charge in [0.2, 0.25) is 5.91 Å². The lowest BCUT2D eigenvalue weighted by molar-refractivity contribution is -0.113. The standard InChI is InChI=1S/C23H25ClN6OS/c1-14-6-7-16(10-15(14)2)19-12-20-22-26-27-23(29(22)8-9-30(20)28-19)32-13-21(31)25-18-5-3-4-17(24)11-18/h3-11,19-20,22,26,28H,12-13H2,1-2H3,(H,25,31). The van der Waals surface area contributed by atoms with Crippen molar-refractivity contribution in [1.29, 1.82) is 0 Å². The monoisotopic (exact) mass is 468 g/mol. The van der Waals surface area contributed by atoms with Crippen molar-refractivity contribution in [1.82, 2.24) is 20.8 Å². The summed E-state index contributed by atoms with van der Waals surface area (Å²) in [5.41, 5.74) is 11.5. The molecule has 3 atom stereocenters. The van der Waals surface area contributed by atoms with Gasteiger partial charge in [-0.1, -0.05) is 47.6 Å². The number of rotatable bonds is 4. The second-order valence-electron chi connectivity index (χ2n) is 8.26. The number of carbonyl (C=O) groups excluding carboxylic acids is 1. The molecule has 5 rings (SSSR count). The predicted molar refractivity (Wildman–Crippen MR) is 130 cm³/mol. The zero-order chi connectivity index (χ0) is 22.2. The van der Waals surface area contributed by atoms with Gasteiger partial charge in [-0.05, 0) is 55.2 Å². The number of benzene rings is 2. The number of hydrazone groups is 1. The molecular weight excluding hydrogens is 444 g/mol. The molecule has 3 aliphatic rings. The van der Waals surface area contributed by atoms with Crippen LogP contribution in [0.15, 0.2) is 60.0 Å². The lowest BCUT2D eigenvalue weighted by Gasteiger charge is -2.36. The van der Waals surface area contributed by atoms with Gasteiger partial charge in [-0.3, -0.25) is 10.2 Å². The maximum atomic E-state index is 12.4. The van der Waals surface area contributed by atoms with E-state index in [1.165, 1.54) is 28.5 Å². The molecule has 1 amide bonds. The van der Waals surface area contributed by atoms with Gasteiger partial charge in [0.05, 0.1) is 17.8 Å². The smallest absolute Gasteiger partial charge is 0.234 e. The fourth-order valence-electron chi connectivity index (χ4n) is 4.24. The summed E-state index contributed by atoms with van der Waals surface area (Å²) in [7, 11) is 0. The van der Waals surface area contributed by atoms with E-state index in [1.807, 2.05) is 18.3 Å². The molecule has 0 saturated carbocycles. The van der Waals surface area contributed by atoms with Crippen LogP contribution in [0.5, 0.6) is 0 Å². The SMILES string of the molecule is Cc1ccc(C2CC3C4NN=C(SCC(=O)Nc5cccc(Cl)c5)N4C=CN3N2)cc1C. The average Bonchev–Trinajstić information content (AvgIpc) is 3.38. The summed E-state index contributed by atoms with van der Waals surface area (Å²) in [6.07, 6.45) is 5.06. The van der Waals surface area contributed by atoms with Crippen LogP contribution in [0.25, 0.3) is 0 Å². The number of anilines is 1. The summed E-state index contributed by atoms with van der Waals surface area (Å²) in [6.45, 7) is 4.29. The minimum Gasteiger partial charge on any atom is -0.325 e. The van der Waals surface area contributed by atoms with Crippen molar-refractivity contribution < 1.29 is 4.79 Å². The zero-order valence-corrected chi connectivity index (χ0v) is 19.5. The van der Waals surface area contributed by atoms with Gasteiger partial charge in [0, 0.05) is 23.1 Å². The number of amides is 1. The lowest BCUT2D eigenvalue weighted by atomic mass is 9.97. The fourth-order valence-corrected chi connectivity index (χ4v) is 5.21. The summed E-state index contributed by atoms with van der Waals surface area (Å²) >= 11 is 7.40. The van der Waals surface area contributed by atoms with Gasteiger partial charge in [-0.15, -0.1) is 0 Å². The molecule has 1 fully saturated rings. The molecule has 3 heterocycles. The van der Waals surface area contributed by atoms with Crippen LogP contribution in [0.1, 0.15) is 29.2 Å². The molecule has 2 aromatic carbocycles. The number of nitrogens with one attached hydrogen (secondary N) is 3. The second-order valence-corrected chi connectivity index (χ2v) is 9.64. The van der Waals surface area contributed by atoms with Gasteiger partial charge in [0.1, 0.15) is 6.17 Å². The number of nitrogens with zero attached hydrogens (tertiary/aromatic N) is 3. The van der Waals surface area contributed by atoms with Gasteiger partial charge in [0.15, 0.2) is 5.17 Å². The highest BCUT2D eigenvalue weighted by Gasteiger charge is 2.44. The molecule has 3 N–H and O–H groups in total. The quantitative estimate of drug-likeness (QED) is 0.631. The maximum Gasteiger partial charge on any atom is 0.234 e. The molecule has 9 heteroatoms. The Morgan fingerprint density at radius 3 is 2.91 bits per heavy atom. The Morgan fingerprint density at radius 2 is 2.09 bits per heavy atom. The fraction of sp³-hybridized carbons (Fsp3) is 0.304. The lowest BCUT2D eigenvalue weighted by Crippen LogP contribution is -2.54. The van der Waals surface area contributed by atoms with Gasteiger partial charge in [-0.25, -0.2) is 5.43 Å². The van der Waals surface area contributed by atoms with Crippen molar-refractivity contribution in [3.63, 3.8) is 0 Å². The van der Waals surface area contributed by atoms with Crippen molar-refractivity contribution >= 4 is 40.1 Å². The highest BCUT2D eigenvalue weighted by atomic mass is 35.5. The van der Waals surface area contributed by atoms with Gasteiger partial charge >= 0.3 is 0 Å². The third-order valence-electron chi connectivity index (χ3n) is 6.08. The summed E-state index contributed by atoms with van der Waals surface area (Å²) in [5.74, 6) is 0.172. The van der Waals surface area contributed by atoms with Crippen molar-refractivity contribution in [2.24, 2.45) is 5.10 Å². The van der Waals surface area contributed by atoms with Crippen molar-refractivity contribution in [3.05, 3.63) is 76.6 Å². The molecule has 0 aliphatic carbocycles. The van der Waals surface area contributed by atoms with E-state index in [0.29, 0.717) is 10.7 Å². The van der Waals surface area contributed by atoms with E-state index in [1.54, 1.807) is 12.1 Å². The molecule has 0 bridgehead atoms. The van der Waals surface area contributed by atoms with E-state index in [2.05, 4.69) is 69.4 Å². The number of aryl methyl sites for hydroxylation is 2. The van der Waals surface area contributed by atoms with E-state index < -0.39 is 0 Å². The predicted octanol–water partition coefficient (Wildman–Crippen LogP) is 3.94. The molecule has 0 aromatic heterocycles. The normalized spacial score (nSPS) is 23.5. The molecular formula is C23H25ClN6OS. The molecule has 166 valence electrons. The number of fused-ring (bicyclic) bond motifs is 3. The summed E-state index contributed by atoms with van der Waals surface area (Å²) in [6, 6.07) is 14.3. The van der Waals surface area contributed by atoms with E-state index in [0.717, 1.165) is 11.6 Å². The third-order valence-corrected chi connectivity index (χ3v) is 7.28. The van der Waals surface area contributed by atoms with Crippen molar-refractivity contribution in [2.45, 2.75) is 38.5 Å². The van der Waals surface area contributed by atoms with E-state index in [4.69, 9.17) is 11.6 Å². The van der Waals surface area contributed by atoms with Gasteiger partial charge in [-0.2, -0.15) is 5.10 Å². The highest BCUT2D eigenvalue weighted by Crippen LogP contribution is 2.35. The highest BCUT2D eigenvalue weighted by molar-refractivity contribution is 8.14. The zero-order valence-electron chi connectivity index (χ0n) is 17.9. The van der Waals surface area contributed by atoms with Crippen LogP contribution in [0.3, 0.4) is 0 Å². The van der Waals surface area contributed by atoms with Crippen molar-refractivity contribution in [3.8, 4) is 0 Å². The second kappa shape index (κ2) is 8.69. The first-order valence-corrected chi connectivity index (χ1v) is 11.9. The Labute approximate surface area is 196 Å². The van der Waals surface area contributed by atoms with Crippen LogP contribution >= 0.6 is 23.4 Å². The first-order chi connectivity index (χ1) is 15.5. The number of hydrogen-bond donors (Lipinski definition) is 3. The Kier molecular flexibility index (Phi) is 5.75. The topological polar surface area (TPSA) is 72.0 Å².